The molecule has 0 radical (unpaired) electrons. The minimum absolute atomic E-state index is 0.0453. The van der Waals surface area contributed by atoms with E-state index in [9.17, 15) is 10.1 Å². The quantitative estimate of drug-likeness (QED) is 0.420. The van der Waals surface area contributed by atoms with Gasteiger partial charge in [-0.1, -0.05) is 24.3 Å². The molecule has 0 bridgehead atoms. The van der Waals surface area contributed by atoms with Crippen LogP contribution >= 0.6 is 0 Å². The molecule has 3 rings (SSSR count). The lowest BCUT2D eigenvalue weighted by atomic mass is 10.2. The van der Waals surface area contributed by atoms with Crippen LogP contribution in [0.1, 0.15) is 5.56 Å². The minimum Gasteiger partial charge on any atom is -0.311 e. The fraction of sp³-hybridized carbons (Fsp3) is 0.0667. The van der Waals surface area contributed by atoms with Crippen LogP contribution in [0, 0.1) is 10.1 Å². The van der Waals surface area contributed by atoms with E-state index in [1.165, 1.54) is 12.1 Å². The number of rotatable bonds is 3. The normalized spacial score (nSPS) is 11.3. The Morgan fingerprint density at radius 3 is 2.81 bits per heavy atom. The fourth-order valence-electron chi connectivity index (χ4n) is 2.10. The Hall–Kier alpha value is -3.02. The number of nitrogens with zero attached hydrogens (tertiary/aromatic N) is 4. The molecule has 104 valence electrons. The lowest BCUT2D eigenvalue weighted by Gasteiger charge is -1.96. The zero-order valence-corrected chi connectivity index (χ0v) is 11.3. The second kappa shape index (κ2) is 5.16. The molecule has 0 N–H and O–H groups in total. The topological polar surface area (TPSA) is 73.3 Å². The van der Waals surface area contributed by atoms with Crippen LogP contribution in [0.2, 0.25) is 0 Å². The predicted octanol–water partition coefficient (Wildman–Crippen LogP) is 3.23. The summed E-state index contributed by atoms with van der Waals surface area (Å²) in [6.07, 6.45) is 1.58. The van der Waals surface area contributed by atoms with Crippen molar-refractivity contribution in [3.8, 4) is 0 Å². The summed E-state index contributed by atoms with van der Waals surface area (Å²) in [5, 5.41) is 10.7. The Labute approximate surface area is 120 Å². The highest BCUT2D eigenvalue weighted by Gasteiger charge is 2.06. The third-order valence-electron chi connectivity index (χ3n) is 3.17. The number of nitro benzene ring substituents is 1. The van der Waals surface area contributed by atoms with Crippen molar-refractivity contribution in [1.29, 1.82) is 0 Å². The number of hydrogen-bond acceptors (Lipinski definition) is 4. The van der Waals surface area contributed by atoms with E-state index >= 15 is 0 Å². The van der Waals surface area contributed by atoms with Gasteiger partial charge in [-0.2, -0.15) is 0 Å². The summed E-state index contributed by atoms with van der Waals surface area (Å²) < 4.78 is 1.88. The molecule has 0 aliphatic heterocycles. The van der Waals surface area contributed by atoms with Crippen molar-refractivity contribution in [2.45, 2.75) is 0 Å². The Balaban J connectivity index is 1.96. The Morgan fingerprint density at radius 1 is 1.24 bits per heavy atom. The number of aromatic nitrogens is 2. The first-order valence-electron chi connectivity index (χ1n) is 6.35. The zero-order chi connectivity index (χ0) is 14.8. The Morgan fingerprint density at radius 2 is 2.05 bits per heavy atom. The van der Waals surface area contributed by atoms with Crippen LogP contribution in [-0.4, -0.2) is 20.7 Å². The molecule has 0 spiro atoms. The zero-order valence-electron chi connectivity index (χ0n) is 11.3. The van der Waals surface area contributed by atoms with Crippen LogP contribution in [0.3, 0.4) is 0 Å². The minimum atomic E-state index is -0.424. The summed E-state index contributed by atoms with van der Waals surface area (Å²) in [5.41, 5.74) is 2.56. The molecule has 0 atom stereocenters. The summed E-state index contributed by atoms with van der Waals surface area (Å²) in [5.74, 6) is 0.558. The van der Waals surface area contributed by atoms with Crippen molar-refractivity contribution in [1.82, 2.24) is 9.55 Å². The molecule has 0 aliphatic rings. The number of hydrogen-bond donors (Lipinski definition) is 0. The maximum Gasteiger partial charge on any atom is 0.270 e. The monoisotopic (exact) mass is 280 g/mol. The van der Waals surface area contributed by atoms with Crippen LogP contribution in [0.15, 0.2) is 53.5 Å². The highest BCUT2D eigenvalue weighted by molar-refractivity contribution is 5.84. The van der Waals surface area contributed by atoms with Crippen molar-refractivity contribution in [2.24, 2.45) is 12.0 Å². The molecule has 6 heteroatoms. The first-order chi connectivity index (χ1) is 10.1. The lowest BCUT2D eigenvalue weighted by Crippen LogP contribution is -1.90. The van der Waals surface area contributed by atoms with Crippen LogP contribution in [0.4, 0.5) is 11.6 Å². The second-order valence-electron chi connectivity index (χ2n) is 4.57. The Bertz CT molecular complexity index is 852. The molecule has 0 aliphatic carbocycles. The molecular weight excluding hydrogens is 268 g/mol. The van der Waals surface area contributed by atoms with Gasteiger partial charge in [0.05, 0.1) is 16.0 Å². The lowest BCUT2D eigenvalue weighted by molar-refractivity contribution is -0.384. The van der Waals surface area contributed by atoms with Crippen molar-refractivity contribution < 1.29 is 4.92 Å². The molecule has 3 aromatic rings. The van der Waals surface area contributed by atoms with E-state index < -0.39 is 4.92 Å². The molecule has 1 aromatic heterocycles. The largest absolute Gasteiger partial charge is 0.311 e. The SMILES string of the molecule is Cn1c(N=Cc2cccc([N+](=O)[O-])c2)nc2ccccc21. The summed E-state index contributed by atoms with van der Waals surface area (Å²) in [6.45, 7) is 0. The van der Waals surface area contributed by atoms with Gasteiger partial charge in [-0.15, -0.1) is 0 Å². The number of nitro groups is 1. The predicted molar refractivity (Wildman–Crippen MR) is 81.1 cm³/mol. The number of aliphatic imine (C=N–C) groups is 1. The third kappa shape index (κ3) is 2.51. The van der Waals surface area contributed by atoms with E-state index in [4.69, 9.17) is 0 Å². The van der Waals surface area contributed by atoms with Crippen molar-refractivity contribution in [3.05, 3.63) is 64.2 Å². The number of non-ortho nitro benzene ring substituents is 1. The van der Waals surface area contributed by atoms with Crippen molar-refractivity contribution in [2.75, 3.05) is 0 Å². The van der Waals surface area contributed by atoms with Gasteiger partial charge in [-0.05, 0) is 17.7 Å². The number of fused-ring (bicyclic) bond motifs is 1. The van der Waals surface area contributed by atoms with Crippen molar-refractivity contribution >= 4 is 28.9 Å². The van der Waals surface area contributed by atoms with Gasteiger partial charge in [0, 0.05) is 25.4 Å². The van der Waals surface area contributed by atoms with E-state index in [-0.39, 0.29) is 5.69 Å². The summed E-state index contributed by atoms with van der Waals surface area (Å²) in [6, 6.07) is 14.1. The van der Waals surface area contributed by atoms with E-state index in [1.807, 2.05) is 35.9 Å². The van der Waals surface area contributed by atoms with Crippen LogP contribution in [0.25, 0.3) is 11.0 Å². The molecule has 0 saturated carbocycles. The van der Waals surface area contributed by atoms with E-state index in [0.717, 1.165) is 11.0 Å². The van der Waals surface area contributed by atoms with Gasteiger partial charge in [0.15, 0.2) is 0 Å². The van der Waals surface area contributed by atoms with Gasteiger partial charge < -0.3 is 4.57 Å². The second-order valence-corrected chi connectivity index (χ2v) is 4.57. The van der Waals surface area contributed by atoms with Gasteiger partial charge >= 0.3 is 0 Å². The molecule has 1 heterocycles. The van der Waals surface area contributed by atoms with E-state index in [1.54, 1.807) is 18.3 Å². The molecule has 0 amide bonds. The molecular formula is C15H12N4O2. The van der Waals surface area contributed by atoms with Crippen LogP contribution in [0.5, 0.6) is 0 Å². The number of para-hydroxylation sites is 2. The molecule has 2 aromatic carbocycles. The molecule has 0 unspecified atom stereocenters. The first kappa shape index (κ1) is 13.0. The Kier molecular flexibility index (Phi) is 3.19. The molecule has 0 fully saturated rings. The molecule has 21 heavy (non-hydrogen) atoms. The maximum atomic E-state index is 10.7. The van der Waals surface area contributed by atoms with Gasteiger partial charge in [-0.3, -0.25) is 10.1 Å². The van der Waals surface area contributed by atoms with Crippen molar-refractivity contribution in [3.63, 3.8) is 0 Å². The first-order valence-corrected chi connectivity index (χ1v) is 6.35. The van der Waals surface area contributed by atoms with Gasteiger partial charge in [0.1, 0.15) is 0 Å². The third-order valence-corrected chi connectivity index (χ3v) is 3.17. The van der Waals surface area contributed by atoms with Gasteiger partial charge in [0.25, 0.3) is 5.69 Å². The maximum absolute atomic E-state index is 10.7. The molecule has 0 saturated heterocycles. The van der Waals surface area contributed by atoms with Crippen LogP contribution < -0.4 is 0 Å². The van der Waals surface area contributed by atoms with Gasteiger partial charge in [-0.25, -0.2) is 9.98 Å². The standard InChI is InChI=1S/C15H12N4O2/c1-18-14-8-3-2-7-13(14)17-15(18)16-10-11-5-4-6-12(9-11)19(20)21/h2-10H,1H3. The molecule has 6 nitrogen and oxygen atoms in total. The highest BCUT2D eigenvalue weighted by atomic mass is 16.6. The fourth-order valence-corrected chi connectivity index (χ4v) is 2.10. The smallest absolute Gasteiger partial charge is 0.270 e. The average Bonchev–Trinajstić information content (AvgIpc) is 2.82. The number of benzene rings is 2. The summed E-state index contributed by atoms with van der Waals surface area (Å²) in [4.78, 5) is 19.1. The summed E-state index contributed by atoms with van der Waals surface area (Å²) >= 11 is 0. The number of imidazole rings is 1. The van der Waals surface area contributed by atoms with Gasteiger partial charge in [0.2, 0.25) is 5.95 Å². The number of aryl methyl sites for hydroxylation is 1. The van der Waals surface area contributed by atoms with E-state index in [2.05, 4.69) is 9.98 Å². The van der Waals surface area contributed by atoms with E-state index in [0.29, 0.717) is 11.5 Å². The summed E-state index contributed by atoms with van der Waals surface area (Å²) in [7, 11) is 1.88. The average molecular weight is 280 g/mol. The highest BCUT2D eigenvalue weighted by Crippen LogP contribution is 2.20. The van der Waals surface area contributed by atoms with Crippen LogP contribution in [-0.2, 0) is 7.05 Å².